The van der Waals surface area contributed by atoms with Crippen LogP contribution in [0.2, 0.25) is 5.02 Å². The van der Waals surface area contributed by atoms with Gasteiger partial charge < -0.3 is 9.42 Å². The Hall–Kier alpha value is -2.67. The highest BCUT2D eigenvalue weighted by Crippen LogP contribution is 2.25. The van der Waals surface area contributed by atoms with Crippen LogP contribution >= 0.6 is 11.6 Å². The number of hydrogen-bond acceptors (Lipinski definition) is 5. The van der Waals surface area contributed by atoms with Crippen LogP contribution in [0.3, 0.4) is 0 Å². The largest absolute Gasteiger partial charge is 0.338 e. The summed E-state index contributed by atoms with van der Waals surface area (Å²) in [6.07, 6.45) is 4.45. The Kier molecular flexibility index (Phi) is 4.70. The Morgan fingerprint density at radius 2 is 2.07 bits per heavy atom. The predicted octanol–water partition coefficient (Wildman–Crippen LogP) is 3.11. The number of fused-ring (bicyclic) bond motifs is 1. The van der Waals surface area contributed by atoms with Gasteiger partial charge in [-0.2, -0.15) is 0 Å². The fourth-order valence-electron chi connectivity index (χ4n) is 3.50. The number of carbonyl (C=O) groups excluding carboxylic acids is 1. The molecule has 27 heavy (non-hydrogen) atoms. The number of aromatic nitrogens is 3. The average Bonchev–Trinajstić information content (AvgIpc) is 3.10. The van der Waals surface area contributed by atoms with Gasteiger partial charge in [0.2, 0.25) is 5.91 Å². The number of amides is 1. The van der Waals surface area contributed by atoms with Crippen LogP contribution in [-0.2, 0) is 11.3 Å². The van der Waals surface area contributed by atoms with Crippen LogP contribution in [-0.4, -0.2) is 38.1 Å². The molecule has 3 heterocycles. The number of nitrogens with zero attached hydrogens (tertiary/aromatic N) is 4. The molecule has 1 aliphatic rings. The molecule has 0 spiro atoms. The quantitative estimate of drug-likeness (QED) is 0.690. The molecule has 1 aromatic carbocycles. The summed E-state index contributed by atoms with van der Waals surface area (Å²) in [6, 6.07) is 7.15. The van der Waals surface area contributed by atoms with Crippen LogP contribution in [0.1, 0.15) is 26.2 Å². The smallest absolute Gasteiger partial charge is 0.267 e. The van der Waals surface area contributed by atoms with Gasteiger partial charge in [0.05, 0.1) is 0 Å². The summed E-state index contributed by atoms with van der Waals surface area (Å²) in [5, 5.41) is 4.84. The Labute approximate surface area is 160 Å². The number of hydrogen-bond donors (Lipinski definition) is 0. The fraction of sp³-hybridized carbons (Fsp3) is 0.368. The summed E-state index contributed by atoms with van der Waals surface area (Å²) in [5.41, 5.74) is 0.905. The van der Waals surface area contributed by atoms with Crippen LogP contribution in [0.5, 0.6) is 0 Å². The van der Waals surface area contributed by atoms with Crippen LogP contribution in [0.4, 0.5) is 0 Å². The third kappa shape index (κ3) is 3.35. The van der Waals surface area contributed by atoms with E-state index in [4.69, 9.17) is 16.1 Å². The number of likely N-dealkylation sites (tertiary alicyclic amines) is 1. The van der Waals surface area contributed by atoms with E-state index in [1.54, 1.807) is 24.3 Å². The van der Waals surface area contributed by atoms with Gasteiger partial charge in [-0.3, -0.25) is 14.2 Å². The molecule has 0 unspecified atom stereocenters. The van der Waals surface area contributed by atoms with E-state index in [0.717, 1.165) is 25.8 Å². The summed E-state index contributed by atoms with van der Waals surface area (Å²) in [7, 11) is 0. The Bertz CT molecular complexity index is 1040. The lowest BCUT2D eigenvalue weighted by Crippen LogP contribution is -2.44. The normalized spacial score (nSPS) is 17.4. The van der Waals surface area contributed by atoms with E-state index in [1.807, 2.05) is 11.8 Å². The van der Waals surface area contributed by atoms with Gasteiger partial charge in [0, 0.05) is 23.2 Å². The maximum absolute atomic E-state index is 13.0. The highest BCUT2D eigenvalue weighted by atomic mass is 35.5. The highest BCUT2D eigenvalue weighted by molar-refractivity contribution is 6.30. The van der Waals surface area contributed by atoms with Crippen molar-refractivity contribution in [3.63, 3.8) is 0 Å². The molecule has 0 N–H and O–H groups in total. The summed E-state index contributed by atoms with van der Waals surface area (Å²) in [4.78, 5) is 31.7. The standard InChI is InChI=1S/C19H19ClN4O3/c1-12-4-2-3-9-24(12)15(25)10-23-11-21-18-16(19(23)26)17(22-27-18)13-5-7-14(20)8-6-13/h5-8,11-12H,2-4,9-10H2,1H3/t12-/m0/s1. The second kappa shape index (κ2) is 7.15. The van der Waals surface area contributed by atoms with Crippen molar-refractivity contribution in [3.8, 4) is 11.3 Å². The third-order valence-corrected chi connectivity index (χ3v) is 5.26. The van der Waals surface area contributed by atoms with Crippen LogP contribution in [0.15, 0.2) is 39.9 Å². The number of benzene rings is 1. The molecule has 140 valence electrons. The molecule has 1 atom stereocenters. The fourth-order valence-corrected chi connectivity index (χ4v) is 3.63. The Morgan fingerprint density at radius 1 is 1.30 bits per heavy atom. The summed E-state index contributed by atoms with van der Waals surface area (Å²) < 4.78 is 6.53. The second-order valence-corrected chi connectivity index (χ2v) is 7.26. The molecule has 8 heteroatoms. The minimum Gasteiger partial charge on any atom is -0.338 e. The molecular formula is C19H19ClN4O3. The maximum atomic E-state index is 13.0. The molecule has 1 saturated heterocycles. The van der Waals surface area contributed by atoms with E-state index < -0.39 is 0 Å². The number of carbonyl (C=O) groups is 1. The molecule has 3 aromatic rings. The zero-order valence-electron chi connectivity index (χ0n) is 14.9. The van der Waals surface area contributed by atoms with E-state index in [2.05, 4.69) is 10.1 Å². The molecule has 1 aliphatic heterocycles. The maximum Gasteiger partial charge on any atom is 0.267 e. The predicted molar refractivity (Wildman–Crippen MR) is 102 cm³/mol. The molecule has 2 aromatic heterocycles. The van der Waals surface area contributed by atoms with Crippen LogP contribution < -0.4 is 5.56 Å². The highest BCUT2D eigenvalue weighted by Gasteiger charge is 2.24. The van der Waals surface area contributed by atoms with Crippen molar-refractivity contribution in [3.05, 3.63) is 46.0 Å². The second-order valence-electron chi connectivity index (χ2n) is 6.83. The van der Waals surface area contributed by atoms with E-state index >= 15 is 0 Å². The van der Waals surface area contributed by atoms with E-state index in [0.29, 0.717) is 16.3 Å². The first kappa shape index (κ1) is 17.7. The zero-order chi connectivity index (χ0) is 19.0. The van der Waals surface area contributed by atoms with Crippen molar-refractivity contribution in [1.29, 1.82) is 0 Å². The van der Waals surface area contributed by atoms with Gasteiger partial charge in [-0.1, -0.05) is 28.9 Å². The van der Waals surface area contributed by atoms with Gasteiger partial charge in [0.1, 0.15) is 24.0 Å². The van der Waals surface area contributed by atoms with Gasteiger partial charge in [-0.05, 0) is 38.3 Å². The lowest BCUT2D eigenvalue weighted by atomic mass is 10.0. The van der Waals surface area contributed by atoms with Crippen molar-refractivity contribution in [1.82, 2.24) is 19.6 Å². The molecule has 0 bridgehead atoms. The minimum atomic E-state index is -0.343. The molecule has 1 amide bonds. The van der Waals surface area contributed by atoms with Gasteiger partial charge in [-0.15, -0.1) is 0 Å². The lowest BCUT2D eigenvalue weighted by Gasteiger charge is -2.33. The van der Waals surface area contributed by atoms with Crippen molar-refractivity contribution in [2.24, 2.45) is 0 Å². The first-order valence-electron chi connectivity index (χ1n) is 8.95. The number of rotatable bonds is 3. The average molecular weight is 387 g/mol. The molecule has 7 nitrogen and oxygen atoms in total. The number of halogens is 1. The molecule has 0 aliphatic carbocycles. The first-order chi connectivity index (χ1) is 13.0. The summed E-state index contributed by atoms with van der Waals surface area (Å²) >= 11 is 5.93. The van der Waals surface area contributed by atoms with E-state index in [9.17, 15) is 9.59 Å². The van der Waals surface area contributed by atoms with Crippen molar-refractivity contribution in [2.45, 2.75) is 38.8 Å². The molecule has 4 rings (SSSR count). The van der Waals surface area contributed by atoms with Gasteiger partial charge in [-0.25, -0.2) is 4.98 Å². The molecule has 0 saturated carbocycles. The third-order valence-electron chi connectivity index (χ3n) is 5.01. The molecule has 0 radical (unpaired) electrons. The van der Waals surface area contributed by atoms with Gasteiger partial charge in [0.15, 0.2) is 0 Å². The number of piperidine rings is 1. The first-order valence-corrected chi connectivity index (χ1v) is 9.32. The van der Waals surface area contributed by atoms with Crippen LogP contribution in [0.25, 0.3) is 22.4 Å². The van der Waals surface area contributed by atoms with Crippen molar-refractivity contribution in [2.75, 3.05) is 6.54 Å². The van der Waals surface area contributed by atoms with Crippen LogP contribution in [0, 0.1) is 0 Å². The van der Waals surface area contributed by atoms with Gasteiger partial charge in [0.25, 0.3) is 11.3 Å². The van der Waals surface area contributed by atoms with Crippen molar-refractivity contribution >= 4 is 28.6 Å². The van der Waals surface area contributed by atoms with E-state index in [1.165, 1.54) is 10.9 Å². The zero-order valence-corrected chi connectivity index (χ0v) is 15.6. The molecular weight excluding hydrogens is 368 g/mol. The van der Waals surface area contributed by atoms with Crippen molar-refractivity contribution < 1.29 is 9.32 Å². The summed E-state index contributed by atoms with van der Waals surface area (Å²) in [6.45, 7) is 2.73. The molecule has 1 fully saturated rings. The SMILES string of the molecule is C[C@H]1CCCCN1C(=O)Cn1cnc2onc(-c3ccc(Cl)cc3)c2c1=O. The Morgan fingerprint density at radius 3 is 2.81 bits per heavy atom. The van der Waals surface area contributed by atoms with Gasteiger partial charge >= 0.3 is 0 Å². The Balaban J connectivity index is 1.69. The topological polar surface area (TPSA) is 81.2 Å². The monoisotopic (exact) mass is 386 g/mol. The lowest BCUT2D eigenvalue weighted by molar-refractivity contribution is -0.135. The minimum absolute atomic E-state index is 0.0443. The summed E-state index contributed by atoms with van der Waals surface area (Å²) in [5.74, 6) is -0.0741. The van der Waals surface area contributed by atoms with E-state index in [-0.39, 0.29) is 35.2 Å².